The molecule has 18 heavy (non-hydrogen) atoms. The third-order valence-corrected chi connectivity index (χ3v) is 4.16. The van der Waals surface area contributed by atoms with Crippen molar-refractivity contribution in [3.63, 3.8) is 0 Å². The van der Waals surface area contributed by atoms with Crippen molar-refractivity contribution in [3.05, 3.63) is 35.9 Å². The molecule has 0 bridgehead atoms. The second-order valence-electron chi connectivity index (χ2n) is 4.62. The Morgan fingerprint density at radius 3 is 2.94 bits per heavy atom. The van der Waals surface area contributed by atoms with E-state index in [-0.39, 0.29) is 0 Å². The highest BCUT2D eigenvalue weighted by atomic mass is 32.2. The van der Waals surface area contributed by atoms with Gasteiger partial charge in [0.05, 0.1) is 19.3 Å². The molecule has 1 aliphatic heterocycles. The highest BCUT2D eigenvalue weighted by Crippen LogP contribution is 2.16. The third kappa shape index (κ3) is 4.98. The molecule has 0 radical (unpaired) electrons. The molecule has 0 saturated carbocycles. The predicted molar refractivity (Wildman–Crippen MR) is 75.8 cm³/mol. The minimum absolute atomic E-state index is 0.391. The number of hydrogen-bond acceptors (Lipinski definition) is 4. The second kappa shape index (κ2) is 7.79. The Labute approximate surface area is 113 Å². The molecule has 0 spiro atoms. The van der Waals surface area contributed by atoms with Crippen LogP contribution in [-0.4, -0.2) is 41.9 Å². The fourth-order valence-electron chi connectivity index (χ4n) is 1.94. The topological polar surface area (TPSA) is 41.5 Å². The fourth-order valence-corrected chi connectivity index (χ4v) is 3.13. The van der Waals surface area contributed by atoms with Crippen LogP contribution >= 0.6 is 11.8 Å². The van der Waals surface area contributed by atoms with E-state index in [0.29, 0.717) is 25.8 Å². The van der Waals surface area contributed by atoms with Gasteiger partial charge in [0, 0.05) is 18.3 Å². The lowest BCUT2D eigenvalue weighted by Crippen LogP contribution is -2.37. The SMILES string of the molecule is OC(CNC1CCSC1)COCc1ccccc1. The van der Waals surface area contributed by atoms with Gasteiger partial charge in [0.15, 0.2) is 0 Å². The number of benzene rings is 1. The number of aliphatic hydroxyl groups excluding tert-OH is 1. The molecule has 2 atom stereocenters. The average molecular weight is 267 g/mol. The molecule has 0 aliphatic carbocycles. The van der Waals surface area contributed by atoms with Crippen LogP contribution in [0.5, 0.6) is 0 Å². The fraction of sp³-hybridized carbons (Fsp3) is 0.571. The first kappa shape index (κ1) is 13.9. The molecule has 1 aromatic rings. The maximum atomic E-state index is 9.79. The number of ether oxygens (including phenoxy) is 1. The number of hydrogen-bond donors (Lipinski definition) is 2. The molecule has 0 aromatic heterocycles. The first-order chi connectivity index (χ1) is 8.84. The average Bonchev–Trinajstić information content (AvgIpc) is 2.91. The summed E-state index contributed by atoms with van der Waals surface area (Å²) in [6.07, 6.45) is 0.793. The van der Waals surface area contributed by atoms with Gasteiger partial charge in [-0.25, -0.2) is 0 Å². The van der Waals surface area contributed by atoms with E-state index in [2.05, 4.69) is 5.32 Å². The highest BCUT2D eigenvalue weighted by molar-refractivity contribution is 7.99. The van der Waals surface area contributed by atoms with Crippen LogP contribution in [-0.2, 0) is 11.3 Å². The Hall–Kier alpha value is -0.550. The lowest BCUT2D eigenvalue weighted by atomic mass is 10.2. The van der Waals surface area contributed by atoms with Crippen molar-refractivity contribution in [2.45, 2.75) is 25.2 Å². The summed E-state index contributed by atoms with van der Waals surface area (Å²) in [4.78, 5) is 0. The zero-order valence-corrected chi connectivity index (χ0v) is 11.4. The molecule has 1 aromatic carbocycles. The van der Waals surface area contributed by atoms with Crippen molar-refractivity contribution in [1.82, 2.24) is 5.32 Å². The number of aliphatic hydroxyl groups is 1. The van der Waals surface area contributed by atoms with Gasteiger partial charge in [0.25, 0.3) is 0 Å². The van der Waals surface area contributed by atoms with E-state index < -0.39 is 6.10 Å². The van der Waals surface area contributed by atoms with Crippen molar-refractivity contribution in [2.24, 2.45) is 0 Å². The van der Waals surface area contributed by atoms with Gasteiger partial charge < -0.3 is 15.2 Å². The van der Waals surface area contributed by atoms with E-state index in [9.17, 15) is 5.11 Å². The number of rotatable bonds is 7. The molecule has 1 saturated heterocycles. The molecule has 2 rings (SSSR count). The number of thioether (sulfide) groups is 1. The van der Waals surface area contributed by atoms with Gasteiger partial charge >= 0.3 is 0 Å². The summed E-state index contributed by atoms with van der Waals surface area (Å²) in [6.45, 7) is 1.58. The first-order valence-electron chi connectivity index (χ1n) is 6.45. The monoisotopic (exact) mass is 267 g/mol. The summed E-state index contributed by atoms with van der Waals surface area (Å²) in [5.41, 5.74) is 1.14. The predicted octanol–water partition coefficient (Wildman–Crippen LogP) is 1.66. The Morgan fingerprint density at radius 1 is 1.39 bits per heavy atom. The molecule has 1 heterocycles. The normalized spacial score (nSPS) is 21.1. The maximum Gasteiger partial charge on any atom is 0.0897 e. The van der Waals surface area contributed by atoms with Crippen LogP contribution in [0.1, 0.15) is 12.0 Å². The van der Waals surface area contributed by atoms with Crippen LogP contribution < -0.4 is 5.32 Å². The van der Waals surface area contributed by atoms with Crippen molar-refractivity contribution in [3.8, 4) is 0 Å². The Morgan fingerprint density at radius 2 is 2.22 bits per heavy atom. The second-order valence-corrected chi connectivity index (χ2v) is 5.77. The molecule has 0 amide bonds. The van der Waals surface area contributed by atoms with E-state index >= 15 is 0 Å². The summed E-state index contributed by atoms with van der Waals surface area (Å²) in [6, 6.07) is 10.6. The summed E-state index contributed by atoms with van der Waals surface area (Å²) in [5, 5.41) is 13.2. The standard InChI is InChI=1S/C14H21NO2S/c16-14(8-15-13-6-7-18-11-13)10-17-9-12-4-2-1-3-5-12/h1-5,13-16H,6-11H2. The first-order valence-corrected chi connectivity index (χ1v) is 7.61. The third-order valence-electron chi connectivity index (χ3n) is 2.99. The van der Waals surface area contributed by atoms with Gasteiger partial charge in [-0.15, -0.1) is 0 Å². The molecule has 2 N–H and O–H groups in total. The Balaban J connectivity index is 1.55. The smallest absolute Gasteiger partial charge is 0.0897 e. The van der Waals surface area contributed by atoms with Crippen molar-refractivity contribution >= 4 is 11.8 Å². The number of nitrogens with one attached hydrogen (secondary N) is 1. The Bertz CT molecular complexity index is 328. The van der Waals surface area contributed by atoms with E-state index in [1.54, 1.807) is 0 Å². The molecule has 1 fully saturated rings. The molecule has 2 unspecified atom stereocenters. The van der Waals surface area contributed by atoms with Crippen LogP contribution in [0.2, 0.25) is 0 Å². The van der Waals surface area contributed by atoms with Crippen LogP contribution in [0, 0.1) is 0 Å². The van der Waals surface area contributed by atoms with Crippen LogP contribution in [0.4, 0.5) is 0 Å². The van der Waals surface area contributed by atoms with E-state index in [1.165, 1.54) is 12.2 Å². The molecular formula is C14H21NO2S. The minimum atomic E-state index is -0.417. The van der Waals surface area contributed by atoms with Crippen molar-refractivity contribution in [1.29, 1.82) is 0 Å². The van der Waals surface area contributed by atoms with E-state index in [0.717, 1.165) is 11.3 Å². The van der Waals surface area contributed by atoms with Gasteiger partial charge in [-0.1, -0.05) is 30.3 Å². The van der Waals surface area contributed by atoms with Gasteiger partial charge in [-0.2, -0.15) is 11.8 Å². The molecule has 3 nitrogen and oxygen atoms in total. The van der Waals surface area contributed by atoms with E-state index in [4.69, 9.17) is 4.74 Å². The largest absolute Gasteiger partial charge is 0.389 e. The lowest BCUT2D eigenvalue weighted by Gasteiger charge is -2.15. The van der Waals surface area contributed by atoms with Crippen LogP contribution in [0.15, 0.2) is 30.3 Å². The highest BCUT2D eigenvalue weighted by Gasteiger charge is 2.15. The van der Waals surface area contributed by atoms with E-state index in [1.807, 2.05) is 42.1 Å². The molecule has 1 aliphatic rings. The summed E-state index contributed by atoms with van der Waals surface area (Å²) in [5.74, 6) is 2.40. The lowest BCUT2D eigenvalue weighted by molar-refractivity contribution is 0.0279. The molecule has 100 valence electrons. The summed E-state index contributed by atoms with van der Waals surface area (Å²) in [7, 11) is 0. The zero-order valence-electron chi connectivity index (χ0n) is 10.5. The zero-order chi connectivity index (χ0) is 12.6. The van der Waals surface area contributed by atoms with Crippen LogP contribution in [0.25, 0.3) is 0 Å². The van der Waals surface area contributed by atoms with Crippen molar-refractivity contribution in [2.75, 3.05) is 24.7 Å². The summed E-state index contributed by atoms with van der Waals surface area (Å²) < 4.78 is 5.50. The van der Waals surface area contributed by atoms with Crippen LogP contribution in [0.3, 0.4) is 0 Å². The quantitative estimate of drug-likeness (QED) is 0.788. The Kier molecular flexibility index (Phi) is 6.00. The molecular weight excluding hydrogens is 246 g/mol. The summed E-state index contributed by atoms with van der Waals surface area (Å²) >= 11 is 1.97. The van der Waals surface area contributed by atoms with Crippen molar-refractivity contribution < 1.29 is 9.84 Å². The molecule has 4 heteroatoms. The minimum Gasteiger partial charge on any atom is -0.389 e. The van der Waals surface area contributed by atoms with Gasteiger partial charge in [-0.05, 0) is 17.7 Å². The van der Waals surface area contributed by atoms with Gasteiger partial charge in [0.1, 0.15) is 0 Å². The maximum absolute atomic E-state index is 9.79. The van der Waals surface area contributed by atoms with Gasteiger partial charge in [-0.3, -0.25) is 0 Å². The van der Waals surface area contributed by atoms with Gasteiger partial charge in [0.2, 0.25) is 0 Å².